The molecule has 0 aromatic heterocycles. The fourth-order valence-electron chi connectivity index (χ4n) is 3.46. The fraction of sp³-hybridized carbons (Fsp3) is 0.0741. The van der Waals surface area contributed by atoms with Gasteiger partial charge in [0.25, 0.3) is 11.8 Å². The van der Waals surface area contributed by atoms with Crippen molar-refractivity contribution in [2.24, 2.45) is 0 Å². The summed E-state index contributed by atoms with van der Waals surface area (Å²) in [7, 11) is 3.67. The van der Waals surface area contributed by atoms with Crippen molar-refractivity contribution in [3.8, 4) is 17.2 Å². The Labute approximate surface area is 208 Å². The van der Waals surface area contributed by atoms with Crippen molar-refractivity contribution in [3.05, 3.63) is 102 Å². The Morgan fingerprint density at radius 3 is 2.20 bits per heavy atom. The highest BCUT2D eigenvalue weighted by Gasteiger charge is 2.34. The average molecular weight is 486 g/mol. The van der Waals surface area contributed by atoms with Gasteiger partial charge in [-0.15, -0.1) is 0 Å². The minimum Gasteiger partial charge on any atom is -0.508 e. The molecule has 0 atom stereocenters. The molecule has 176 valence electrons. The van der Waals surface area contributed by atoms with Gasteiger partial charge in [-0.05, 0) is 78.0 Å². The number of ether oxygens (including phenoxy) is 1. The van der Waals surface area contributed by atoms with Crippen LogP contribution in [0.3, 0.4) is 0 Å². The van der Waals surface area contributed by atoms with Crippen LogP contribution in [-0.2, 0) is 9.59 Å². The minimum atomic E-state index is -0.580. The number of benzene rings is 3. The highest BCUT2D eigenvalue weighted by atomic mass is 32.1. The maximum Gasteiger partial charge on any atom is 0.270 e. The smallest absolute Gasteiger partial charge is 0.270 e. The number of nitrogens with zero attached hydrogens (tertiary/aromatic N) is 2. The Kier molecular flexibility index (Phi) is 6.93. The molecule has 0 unspecified atom stereocenters. The van der Waals surface area contributed by atoms with E-state index in [4.69, 9.17) is 17.0 Å². The molecule has 7 nitrogen and oxygen atoms in total. The largest absolute Gasteiger partial charge is 0.508 e. The zero-order valence-electron chi connectivity index (χ0n) is 19.1. The molecule has 2 N–H and O–H groups in total. The number of nitrogens with one attached hydrogen (secondary N) is 1. The van der Waals surface area contributed by atoms with Gasteiger partial charge in [-0.1, -0.05) is 30.3 Å². The summed E-state index contributed by atoms with van der Waals surface area (Å²) in [5, 5.41) is 12.2. The molecule has 1 saturated heterocycles. The topological polar surface area (TPSA) is 82.1 Å². The van der Waals surface area contributed by atoms with Crippen LogP contribution < -0.4 is 15.0 Å². The Bertz CT molecular complexity index is 1310. The molecule has 8 heteroatoms. The van der Waals surface area contributed by atoms with Crippen molar-refractivity contribution in [3.63, 3.8) is 0 Å². The molecule has 4 rings (SSSR count). The van der Waals surface area contributed by atoms with Crippen molar-refractivity contribution in [1.82, 2.24) is 10.2 Å². The van der Waals surface area contributed by atoms with E-state index in [1.807, 2.05) is 44.4 Å². The van der Waals surface area contributed by atoms with E-state index in [-0.39, 0.29) is 16.4 Å². The van der Waals surface area contributed by atoms with Crippen LogP contribution in [0, 0.1) is 0 Å². The van der Waals surface area contributed by atoms with Gasteiger partial charge in [0.2, 0.25) is 0 Å². The first kappa shape index (κ1) is 23.7. The quantitative estimate of drug-likeness (QED) is 0.305. The van der Waals surface area contributed by atoms with E-state index < -0.39 is 11.8 Å². The van der Waals surface area contributed by atoms with Crippen LogP contribution >= 0.6 is 12.2 Å². The van der Waals surface area contributed by atoms with Crippen molar-refractivity contribution in [2.75, 3.05) is 19.0 Å². The monoisotopic (exact) mass is 485 g/mol. The lowest BCUT2D eigenvalue weighted by atomic mass is 10.0. The molecule has 3 aromatic rings. The van der Waals surface area contributed by atoms with Crippen LogP contribution in [0.1, 0.15) is 5.56 Å². The SMILES string of the molecule is CN(C)/C=C(/C=C1\C(=O)NC(=S)N(c2ccc(Oc3ccccc3)cc2)C1=O)c1ccc(O)cc1. The van der Waals surface area contributed by atoms with Gasteiger partial charge in [-0.2, -0.15) is 0 Å². The summed E-state index contributed by atoms with van der Waals surface area (Å²) in [5.74, 6) is 0.284. The van der Waals surface area contributed by atoms with Crippen LogP contribution in [0.2, 0.25) is 0 Å². The molecule has 0 bridgehead atoms. The van der Waals surface area contributed by atoms with Gasteiger partial charge >= 0.3 is 0 Å². The van der Waals surface area contributed by atoms with Crippen LogP contribution in [0.25, 0.3) is 5.57 Å². The van der Waals surface area contributed by atoms with E-state index in [2.05, 4.69) is 5.32 Å². The third-order valence-corrected chi connectivity index (χ3v) is 5.36. The molecule has 0 saturated carbocycles. The molecule has 1 heterocycles. The number of thiocarbonyl (C=S) groups is 1. The predicted molar refractivity (Wildman–Crippen MR) is 139 cm³/mol. The summed E-state index contributed by atoms with van der Waals surface area (Å²) in [6.45, 7) is 0. The molecule has 3 aromatic carbocycles. The number of amides is 2. The second kappa shape index (κ2) is 10.2. The van der Waals surface area contributed by atoms with Crippen molar-refractivity contribution in [2.45, 2.75) is 0 Å². The molecule has 35 heavy (non-hydrogen) atoms. The molecular formula is C27H23N3O4S. The van der Waals surface area contributed by atoms with Crippen LogP contribution in [0.15, 0.2) is 96.7 Å². The molecule has 1 fully saturated rings. The number of allylic oxidation sites excluding steroid dienone is 2. The lowest BCUT2D eigenvalue weighted by molar-refractivity contribution is -0.122. The Balaban J connectivity index is 1.64. The van der Waals surface area contributed by atoms with Crippen molar-refractivity contribution >= 4 is 40.4 Å². The van der Waals surface area contributed by atoms with Gasteiger partial charge in [0, 0.05) is 20.3 Å². The van der Waals surface area contributed by atoms with Gasteiger partial charge < -0.3 is 14.7 Å². The third kappa shape index (κ3) is 5.56. The van der Waals surface area contributed by atoms with E-state index in [0.29, 0.717) is 22.8 Å². The first-order chi connectivity index (χ1) is 16.8. The number of phenols is 1. The highest BCUT2D eigenvalue weighted by Crippen LogP contribution is 2.28. The average Bonchev–Trinajstić information content (AvgIpc) is 2.83. The number of hydrogen-bond donors (Lipinski definition) is 2. The number of carbonyl (C=O) groups excluding carboxylic acids is 2. The number of aromatic hydroxyl groups is 1. The summed E-state index contributed by atoms with van der Waals surface area (Å²) in [6, 6.07) is 22.7. The van der Waals surface area contributed by atoms with Crippen LogP contribution in [0.5, 0.6) is 17.2 Å². The lowest BCUT2D eigenvalue weighted by Gasteiger charge is -2.29. The van der Waals surface area contributed by atoms with Crippen LogP contribution in [0.4, 0.5) is 5.69 Å². The second-order valence-corrected chi connectivity index (χ2v) is 8.35. The minimum absolute atomic E-state index is 0.00310. The molecular weight excluding hydrogens is 462 g/mol. The standard InChI is InChI=1S/C27H23N3O4S/c1-29(2)17-19(18-8-12-21(31)13-9-18)16-24-25(32)28-27(35)30(26(24)33)20-10-14-23(15-11-20)34-22-6-4-3-5-7-22/h3-17,31H,1-2H3,(H,28,32,35)/b19-17-,24-16+. The normalized spacial score (nSPS) is 15.3. The molecule has 0 spiro atoms. The lowest BCUT2D eigenvalue weighted by Crippen LogP contribution is -2.54. The van der Waals surface area contributed by atoms with Gasteiger partial charge in [0.05, 0.1) is 5.69 Å². The first-order valence-electron chi connectivity index (χ1n) is 10.7. The summed E-state index contributed by atoms with van der Waals surface area (Å²) in [6.07, 6.45) is 3.30. The number of para-hydroxylation sites is 1. The Morgan fingerprint density at radius 1 is 0.943 bits per heavy atom. The Morgan fingerprint density at radius 2 is 1.57 bits per heavy atom. The molecule has 0 radical (unpaired) electrons. The zero-order chi connectivity index (χ0) is 24.9. The predicted octanol–water partition coefficient (Wildman–Crippen LogP) is 4.46. The summed E-state index contributed by atoms with van der Waals surface area (Å²) in [5.41, 5.74) is 1.78. The maximum atomic E-state index is 13.4. The van der Waals surface area contributed by atoms with E-state index in [0.717, 1.165) is 5.56 Å². The number of hydrogen-bond acceptors (Lipinski definition) is 6. The maximum absolute atomic E-state index is 13.4. The van der Waals surface area contributed by atoms with E-state index in [9.17, 15) is 14.7 Å². The summed E-state index contributed by atoms with van der Waals surface area (Å²) < 4.78 is 5.81. The molecule has 1 aliphatic rings. The number of carbonyl (C=O) groups is 2. The molecule has 0 aliphatic carbocycles. The zero-order valence-corrected chi connectivity index (χ0v) is 20.0. The summed E-state index contributed by atoms with van der Waals surface area (Å²) >= 11 is 5.31. The van der Waals surface area contributed by atoms with Gasteiger partial charge in [-0.25, -0.2) is 0 Å². The summed E-state index contributed by atoms with van der Waals surface area (Å²) in [4.78, 5) is 29.2. The van der Waals surface area contributed by atoms with Crippen molar-refractivity contribution in [1.29, 1.82) is 0 Å². The van der Waals surface area contributed by atoms with Gasteiger partial charge in [-0.3, -0.25) is 19.8 Å². The van der Waals surface area contributed by atoms with Crippen molar-refractivity contribution < 1.29 is 19.4 Å². The number of phenolic OH excluding ortho intramolecular Hbond substituents is 1. The number of rotatable bonds is 6. The Hall–Kier alpha value is -4.43. The van der Waals surface area contributed by atoms with Crippen LogP contribution in [-0.4, -0.2) is 41.0 Å². The van der Waals surface area contributed by atoms with Gasteiger partial charge in [0.15, 0.2) is 5.11 Å². The first-order valence-corrected chi connectivity index (χ1v) is 11.1. The third-order valence-electron chi connectivity index (χ3n) is 5.07. The molecule has 2 amide bonds. The van der Waals surface area contributed by atoms with E-state index >= 15 is 0 Å². The van der Waals surface area contributed by atoms with E-state index in [1.165, 1.54) is 11.0 Å². The van der Waals surface area contributed by atoms with E-state index in [1.54, 1.807) is 59.6 Å². The van der Waals surface area contributed by atoms with Gasteiger partial charge in [0.1, 0.15) is 22.8 Å². The molecule has 1 aliphatic heterocycles. The highest BCUT2D eigenvalue weighted by molar-refractivity contribution is 7.80. The number of anilines is 1. The fourth-order valence-corrected chi connectivity index (χ4v) is 3.74. The second-order valence-electron chi connectivity index (χ2n) is 7.96.